The molecule has 0 saturated carbocycles. The van der Waals surface area contributed by atoms with E-state index in [0.29, 0.717) is 6.04 Å². The summed E-state index contributed by atoms with van der Waals surface area (Å²) in [5.41, 5.74) is 6.90. The summed E-state index contributed by atoms with van der Waals surface area (Å²) in [6.45, 7) is 5.22. The largest absolute Gasteiger partial charge is 0.493 e. The van der Waals surface area contributed by atoms with Crippen molar-refractivity contribution >= 4 is 0 Å². The third-order valence-corrected chi connectivity index (χ3v) is 4.52. The molecule has 1 aliphatic rings. The number of benzene rings is 2. The van der Waals surface area contributed by atoms with Crippen LogP contribution in [0, 0.1) is 13.8 Å². The van der Waals surface area contributed by atoms with Crippen LogP contribution in [0.25, 0.3) is 0 Å². The van der Waals surface area contributed by atoms with Crippen LogP contribution < -0.4 is 10.1 Å². The second-order valence-electron chi connectivity index (χ2n) is 5.88. The maximum atomic E-state index is 5.60. The fourth-order valence-electron chi connectivity index (χ4n) is 3.18. The van der Waals surface area contributed by atoms with Crippen LogP contribution in [0.1, 0.15) is 33.9 Å². The lowest BCUT2D eigenvalue weighted by atomic mass is 9.92. The lowest BCUT2D eigenvalue weighted by Crippen LogP contribution is -2.20. The van der Waals surface area contributed by atoms with Crippen molar-refractivity contribution in [3.05, 3.63) is 64.2 Å². The number of ether oxygens (including phenoxy) is 1. The molecule has 1 atom stereocenters. The van der Waals surface area contributed by atoms with Crippen LogP contribution in [0.15, 0.2) is 36.4 Å². The highest BCUT2D eigenvalue weighted by Gasteiger charge is 2.17. The summed E-state index contributed by atoms with van der Waals surface area (Å²) in [6, 6.07) is 13.5. The molecule has 1 heterocycles. The van der Waals surface area contributed by atoms with Gasteiger partial charge in [-0.15, -0.1) is 0 Å². The van der Waals surface area contributed by atoms with Gasteiger partial charge in [-0.25, -0.2) is 0 Å². The van der Waals surface area contributed by atoms with E-state index in [2.05, 4.69) is 55.6 Å². The molecule has 0 fully saturated rings. The quantitative estimate of drug-likeness (QED) is 0.921. The monoisotopic (exact) mass is 281 g/mol. The third-order valence-electron chi connectivity index (χ3n) is 4.52. The van der Waals surface area contributed by atoms with Crippen molar-refractivity contribution in [1.82, 2.24) is 5.32 Å². The van der Waals surface area contributed by atoms with Gasteiger partial charge in [-0.2, -0.15) is 0 Å². The van der Waals surface area contributed by atoms with E-state index in [0.717, 1.165) is 25.2 Å². The minimum absolute atomic E-state index is 0.343. The number of hydrogen-bond acceptors (Lipinski definition) is 2. The fourth-order valence-corrected chi connectivity index (χ4v) is 3.18. The first kappa shape index (κ1) is 14.2. The summed E-state index contributed by atoms with van der Waals surface area (Å²) >= 11 is 0. The van der Waals surface area contributed by atoms with Crippen LogP contribution in [0.3, 0.4) is 0 Å². The van der Waals surface area contributed by atoms with E-state index in [1.807, 2.05) is 7.05 Å². The van der Waals surface area contributed by atoms with Crippen LogP contribution in [0.5, 0.6) is 5.75 Å². The topological polar surface area (TPSA) is 21.3 Å². The molecule has 1 aliphatic heterocycles. The van der Waals surface area contributed by atoms with Crippen LogP contribution >= 0.6 is 0 Å². The van der Waals surface area contributed by atoms with E-state index in [9.17, 15) is 0 Å². The average molecular weight is 281 g/mol. The third kappa shape index (κ3) is 2.81. The minimum atomic E-state index is 0.343. The van der Waals surface area contributed by atoms with Gasteiger partial charge < -0.3 is 10.1 Å². The lowest BCUT2D eigenvalue weighted by molar-refractivity contribution is 0.356. The summed E-state index contributed by atoms with van der Waals surface area (Å²) in [5, 5.41) is 3.47. The molecular formula is C19H23NO. The van der Waals surface area contributed by atoms with Crippen molar-refractivity contribution in [3.63, 3.8) is 0 Å². The standard InChI is InChI=1S/C19H23NO/c1-13-5-4-6-14(2)17(13)12-18(20-3)15-7-8-19-16(11-15)9-10-21-19/h4-8,11,18,20H,9-10,12H2,1-3H3. The zero-order valence-corrected chi connectivity index (χ0v) is 13.1. The molecule has 0 aliphatic carbocycles. The molecule has 2 aromatic rings. The Hall–Kier alpha value is -1.80. The van der Waals surface area contributed by atoms with Crippen LogP contribution in [-0.4, -0.2) is 13.7 Å². The zero-order valence-electron chi connectivity index (χ0n) is 13.1. The smallest absolute Gasteiger partial charge is 0.122 e. The summed E-state index contributed by atoms with van der Waals surface area (Å²) in [6.07, 6.45) is 2.05. The average Bonchev–Trinajstić information content (AvgIpc) is 2.94. The van der Waals surface area contributed by atoms with Crippen molar-refractivity contribution < 1.29 is 4.74 Å². The molecule has 2 aromatic carbocycles. The summed E-state index contributed by atoms with van der Waals surface area (Å²) < 4.78 is 5.60. The van der Waals surface area contributed by atoms with Gasteiger partial charge in [0.1, 0.15) is 5.75 Å². The number of fused-ring (bicyclic) bond motifs is 1. The second-order valence-corrected chi connectivity index (χ2v) is 5.88. The number of aryl methyl sites for hydroxylation is 2. The molecule has 1 unspecified atom stereocenters. The van der Waals surface area contributed by atoms with Gasteiger partial charge in [0.05, 0.1) is 6.61 Å². The van der Waals surface area contributed by atoms with Crippen molar-refractivity contribution in [1.29, 1.82) is 0 Å². The molecule has 0 aromatic heterocycles. The number of rotatable bonds is 4. The van der Waals surface area contributed by atoms with Gasteiger partial charge in [0, 0.05) is 12.5 Å². The summed E-state index contributed by atoms with van der Waals surface area (Å²) in [5.74, 6) is 1.06. The van der Waals surface area contributed by atoms with Crippen molar-refractivity contribution in [2.24, 2.45) is 0 Å². The first-order chi connectivity index (χ1) is 10.2. The van der Waals surface area contributed by atoms with Crippen molar-refractivity contribution in [3.8, 4) is 5.75 Å². The molecule has 1 N–H and O–H groups in total. The summed E-state index contributed by atoms with van der Waals surface area (Å²) in [4.78, 5) is 0. The van der Waals surface area contributed by atoms with Gasteiger partial charge >= 0.3 is 0 Å². The first-order valence-corrected chi connectivity index (χ1v) is 7.67. The molecule has 2 nitrogen and oxygen atoms in total. The van der Waals surface area contributed by atoms with Crippen LogP contribution in [0.2, 0.25) is 0 Å². The van der Waals surface area contributed by atoms with Crippen LogP contribution in [0.4, 0.5) is 0 Å². The highest BCUT2D eigenvalue weighted by atomic mass is 16.5. The molecule has 0 radical (unpaired) electrons. The minimum Gasteiger partial charge on any atom is -0.493 e. The zero-order chi connectivity index (χ0) is 14.8. The molecule has 0 spiro atoms. The molecule has 21 heavy (non-hydrogen) atoms. The Labute approximate surface area is 127 Å². The molecule has 110 valence electrons. The normalized spacial score (nSPS) is 14.6. The number of hydrogen-bond donors (Lipinski definition) is 1. The lowest BCUT2D eigenvalue weighted by Gasteiger charge is -2.20. The molecular weight excluding hydrogens is 258 g/mol. The summed E-state index contributed by atoms with van der Waals surface area (Å²) in [7, 11) is 2.04. The molecule has 0 saturated heterocycles. The first-order valence-electron chi connectivity index (χ1n) is 7.67. The second kappa shape index (κ2) is 5.90. The van der Waals surface area contributed by atoms with Gasteiger partial charge in [-0.05, 0) is 61.2 Å². The fraction of sp³-hybridized carbons (Fsp3) is 0.368. The Balaban J connectivity index is 1.89. The van der Waals surface area contributed by atoms with Gasteiger partial charge in [0.25, 0.3) is 0 Å². The molecule has 3 rings (SSSR count). The Bertz CT molecular complexity index is 628. The predicted molar refractivity (Wildman–Crippen MR) is 87.1 cm³/mol. The van der Waals surface area contributed by atoms with E-state index in [1.54, 1.807) is 0 Å². The maximum Gasteiger partial charge on any atom is 0.122 e. The SMILES string of the molecule is CNC(Cc1c(C)cccc1C)c1ccc2c(c1)CCO2. The van der Waals surface area contributed by atoms with Gasteiger partial charge in [-0.3, -0.25) is 0 Å². The highest BCUT2D eigenvalue weighted by Crippen LogP contribution is 2.30. The predicted octanol–water partition coefficient (Wildman–Crippen LogP) is 3.74. The van der Waals surface area contributed by atoms with Crippen molar-refractivity contribution in [2.75, 3.05) is 13.7 Å². The Morgan fingerprint density at radius 3 is 2.62 bits per heavy atom. The highest BCUT2D eigenvalue weighted by molar-refractivity contribution is 5.42. The van der Waals surface area contributed by atoms with Crippen molar-refractivity contribution in [2.45, 2.75) is 32.7 Å². The van der Waals surface area contributed by atoms with E-state index in [1.165, 1.54) is 27.8 Å². The molecule has 0 amide bonds. The molecule has 2 heteroatoms. The van der Waals surface area contributed by atoms with E-state index >= 15 is 0 Å². The van der Waals surface area contributed by atoms with E-state index in [-0.39, 0.29) is 0 Å². The Kier molecular flexibility index (Phi) is 3.98. The maximum absolute atomic E-state index is 5.60. The number of nitrogens with one attached hydrogen (secondary N) is 1. The molecule has 0 bridgehead atoms. The number of likely N-dealkylation sites (N-methyl/N-ethyl adjacent to an activating group) is 1. The van der Waals surface area contributed by atoms with Gasteiger partial charge in [0.2, 0.25) is 0 Å². The van der Waals surface area contributed by atoms with Gasteiger partial charge in [0.15, 0.2) is 0 Å². The van der Waals surface area contributed by atoms with E-state index < -0.39 is 0 Å². The Morgan fingerprint density at radius 2 is 1.90 bits per heavy atom. The van der Waals surface area contributed by atoms with Gasteiger partial charge in [-0.1, -0.05) is 30.3 Å². The van der Waals surface area contributed by atoms with Crippen LogP contribution in [-0.2, 0) is 12.8 Å². The van der Waals surface area contributed by atoms with E-state index in [4.69, 9.17) is 4.74 Å². The Morgan fingerprint density at radius 1 is 1.14 bits per heavy atom.